The molecule has 1 saturated carbocycles. The predicted octanol–water partition coefficient (Wildman–Crippen LogP) is 1.75. The summed E-state index contributed by atoms with van der Waals surface area (Å²) in [4.78, 5) is 20.5. The van der Waals surface area contributed by atoms with Gasteiger partial charge in [0.05, 0.1) is 0 Å². The number of nitrogens with one attached hydrogen (secondary N) is 2. The highest BCUT2D eigenvalue weighted by Gasteiger charge is 2.23. The van der Waals surface area contributed by atoms with Gasteiger partial charge in [-0.3, -0.25) is 4.79 Å². The van der Waals surface area contributed by atoms with Crippen molar-refractivity contribution in [1.82, 2.24) is 15.3 Å². The van der Waals surface area contributed by atoms with Crippen molar-refractivity contribution < 1.29 is 4.79 Å². The van der Waals surface area contributed by atoms with Gasteiger partial charge in [0.25, 0.3) is 5.91 Å². The predicted molar refractivity (Wildman–Crippen MR) is 70.6 cm³/mol. The van der Waals surface area contributed by atoms with Gasteiger partial charge in [-0.25, -0.2) is 9.97 Å². The summed E-state index contributed by atoms with van der Waals surface area (Å²) in [6, 6.07) is 2.01. The van der Waals surface area contributed by atoms with Crippen LogP contribution in [0.15, 0.2) is 6.07 Å². The summed E-state index contributed by atoms with van der Waals surface area (Å²) in [6.45, 7) is 4.08. The highest BCUT2D eigenvalue weighted by Crippen LogP contribution is 2.24. The number of nitrogens with zero attached hydrogens (tertiary/aromatic N) is 2. The summed E-state index contributed by atoms with van der Waals surface area (Å²) >= 11 is 0. The summed E-state index contributed by atoms with van der Waals surface area (Å²) in [5, 5.41) is 5.91. The molecule has 1 aliphatic rings. The number of hydrogen-bond acceptors (Lipinski definition) is 4. The van der Waals surface area contributed by atoms with Gasteiger partial charge in [0.1, 0.15) is 5.69 Å². The van der Waals surface area contributed by atoms with Crippen molar-refractivity contribution in [3.63, 3.8) is 0 Å². The Labute approximate surface area is 107 Å². The van der Waals surface area contributed by atoms with Crippen LogP contribution in [0.25, 0.3) is 0 Å². The average molecular weight is 248 g/mol. The summed E-state index contributed by atoms with van der Waals surface area (Å²) in [6.07, 6.45) is 3.32. The molecule has 98 valence electrons. The van der Waals surface area contributed by atoms with Gasteiger partial charge in [-0.05, 0) is 38.2 Å². The normalized spacial score (nSPS) is 22.8. The van der Waals surface area contributed by atoms with Crippen molar-refractivity contribution >= 4 is 11.9 Å². The Morgan fingerprint density at radius 3 is 2.78 bits per heavy atom. The molecule has 2 atom stereocenters. The Bertz CT molecular complexity index is 447. The first-order valence-electron chi connectivity index (χ1n) is 6.42. The van der Waals surface area contributed by atoms with Crippen molar-refractivity contribution in [2.75, 3.05) is 12.4 Å². The van der Waals surface area contributed by atoms with Crippen LogP contribution in [-0.2, 0) is 0 Å². The van der Waals surface area contributed by atoms with E-state index in [1.165, 1.54) is 6.42 Å². The van der Waals surface area contributed by atoms with E-state index in [4.69, 9.17) is 0 Å². The van der Waals surface area contributed by atoms with Crippen molar-refractivity contribution in [2.45, 2.75) is 39.2 Å². The van der Waals surface area contributed by atoms with Crippen LogP contribution in [0, 0.1) is 12.8 Å². The van der Waals surface area contributed by atoms with Gasteiger partial charge in [0, 0.05) is 18.8 Å². The summed E-state index contributed by atoms with van der Waals surface area (Å²) in [5.74, 6) is 1.09. The molecule has 1 aromatic rings. The lowest BCUT2D eigenvalue weighted by atomic mass is 10.1. The van der Waals surface area contributed by atoms with Crippen LogP contribution in [0.5, 0.6) is 0 Å². The van der Waals surface area contributed by atoms with E-state index in [1.54, 1.807) is 13.1 Å². The van der Waals surface area contributed by atoms with Crippen LogP contribution < -0.4 is 10.6 Å². The number of anilines is 1. The maximum atomic E-state index is 12.1. The van der Waals surface area contributed by atoms with E-state index >= 15 is 0 Å². The molecule has 0 aromatic carbocycles. The molecule has 0 radical (unpaired) electrons. The first kappa shape index (κ1) is 12.8. The SMILES string of the molecule is CNc1nc(C)cc(C(=O)NC2CCC(C)C2)n1. The molecule has 2 unspecified atom stereocenters. The first-order chi connectivity index (χ1) is 8.58. The Balaban J connectivity index is 2.06. The van der Waals surface area contributed by atoms with Gasteiger partial charge in [-0.1, -0.05) is 6.92 Å². The topological polar surface area (TPSA) is 66.9 Å². The number of carbonyl (C=O) groups is 1. The third kappa shape index (κ3) is 2.97. The Morgan fingerprint density at radius 1 is 1.39 bits per heavy atom. The second-order valence-electron chi connectivity index (χ2n) is 5.06. The maximum absolute atomic E-state index is 12.1. The first-order valence-corrected chi connectivity index (χ1v) is 6.42. The summed E-state index contributed by atoms with van der Waals surface area (Å²) in [5.41, 5.74) is 1.23. The van der Waals surface area contributed by atoms with Crippen molar-refractivity contribution in [1.29, 1.82) is 0 Å². The maximum Gasteiger partial charge on any atom is 0.270 e. The smallest absolute Gasteiger partial charge is 0.270 e. The molecule has 1 fully saturated rings. The highest BCUT2D eigenvalue weighted by atomic mass is 16.1. The molecule has 18 heavy (non-hydrogen) atoms. The molecule has 0 spiro atoms. The van der Waals surface area contributed by atoms with Gasteiger partial charge in [-0.15, -0.1) is 0 Å². The molecular formula is C13H20N4O. The molecule has 2 N–H and O–H groups in total. The van der Waals surface area contributed by atoms with E-state index in [0.717, 1.165) is 18.5 Å². The van der Waals surface area contributed by atoms with Gasteiger partial charge >= 0.3 is 0 Å². The molecule has 1 heterocycles. The van der Waals surface area contributed by atoms with Crippen LogP contribution >= 0.6 is 0 Å². The molecule has 2 rings (SSSR count). The number of hydrogen-bond donors (Lipinski definition) is 2. The second-order valence-corrected chi connectivity index (χ2v) is 5.06. The quantitative estimate of drug-likeness (QED) is 0.855. The van der Waals surface area contributed by atoms with E-state index in [9.17, 15) is 4.79 Å². The Morgan fingerprint density at radius 2 is 2.17 bits per heavy atom. The van der Waals surface area contributed by atoms with Crippen molar-refractivity contribution in [3.05, 3.63) is 17.5 Å². The van der Waals surface area contributed by atoms with Gasteiger partial charge in [0.2, 0.25) is 5.95 Å². The standard InChI is InChI=1S/C13H20N4O/c1-8-4-5-10(6-8)16-12(18)11-7-9(2)15-13(14-3)17-11/h7-8,10H,4-6H2,1-3H3,(H,16,18)(H,14,15,17). The van der Waals surface area contributed by atoms with Gasteiger partial charge in [0.15, 0.2) is 0 Å². The average Bonchev–Trinajstić information content (AvgIpc) is 2.73. The van der Waals surface area contributed by atoms with E-state index < -0.39 is 0 Å². The fraction of sp³-hybridized carbons (Fsp3) is 0.615. The zero-order valence-corrected chi connectivity index (χ0v) is 11.2. The Kier molecular flexibility index (Phi) is 3.79. The minimum absolute atomic E-state index is 0.101. The van der Waals surface area contributed by atoms with Crippen LogP contribution in [0.2, 0.25) is 0 Å². The third-order valence-corrected chi connectivity index (χ3v) is 3.34. The zero-order chi connectivity index (χ0) is 13.1. The van der Waals surface area contributed by atoms with E-state index in [-0.39, 0.29) is 5.91 Å². The molecule has 1 amide bonds. The van der Waals surface area contributed by atoms with Gasteiger partial charge in [-0.2, -0.15) is 0 Å². The van der Waals surface area contributed by atoms with Crippen LogP contribution in [-0.4, -0.2) is 29.0 Å². The molecule has 0 bridgehead atoms. The fourth-order valence-corrected chi connectivity index (χ4v) is 2.39. The minimum Gasteiger partial charge on any atom is -0.357 e. The number of carbonyl (C=O) groups excluding carboxylic acids is 1. The number of aromatic nitrogens is 2. The monoisotopic (exact) mass is 248 g/mol. The van der Waals surface area contributed by atoms with Crippen LogP contribution in [0.4, 0.5) is 5.95 Å². The lowest BCUT2D eigenvalue weighted by molar-refractivity contribution is 0.0932. The van der Waals surface area contributed by atoms with Gasteiger partial charge < -0.3 is 10.6 Å². The zero-order valence-electron chi connectivity index (χ0n) is 11.2. The van der Waals surface area contributed by atoms with E-state index in [1.807, 2.05) is 6.92 Å². The van der Waals surface area contributed by atoms with Crippen molar-refractivity contribution in [3.8, 4) is 0 Å². The molecule has 5 heteroatoms. The van der Waals surface area contributed by atoms with Crippen LogP contribution in [0.1, 0.15) is 42.4 Å². The molecule has 0 aliphatic heterocycles. The number of rotatable bonds is 3. The summed E-state index contributed by atoms with van der Waals surface area (Å²) < 4.78 is 0. The molecule has 1 aliphatic carbocycles. The third-order valence-electron chi connectivity index (χ3n) is 3.34. The highest BCUT2D eigenvalue weighted by molar-refractivity contribution is 5.92. The molecule has 1 aromatic heterocycles. The lowest BCUT2D eigenvalue weighted by Crippen LogP contribution is -2.33. The number of aryl methyl sites for hydroxylation is 1. The fourth-order valence-electron chi connectivity index (χ4n) is 2.39. The molecule has 5 nitrogen and oxygen atoms in total. The largest absolute Gasteiger partial charge is 0.357 e. The van der Waals surface area contributed by atoms with E-state index in [0.29, 0.717) is 23.6 Å². The van der Waals surface area contributed by atoms with Crippen molar-refractivity contribution in [2.24, 2.45) is 5.92 Å². The second kappa shape index (κ2) is 5.33. The summed E-state index contributed by atoms with van der Waals surface area (Å²) in [7, 11) is 1.75. The van der Waals surface area contributed by atoms with Crippen LogP contribution in [0.3, 0.4) is 0 Å². The molecule has 0 saturated heterocycles. The Hall–Kier alpha value is -1.65. The molecular weight excluding hydrogens is 228 g/mol. The minimum atomic E-state index is -0.101. The van der Waals surface area contributed by atoms with E-state index in [2.05, 4.69) is 27.5 Å². The number of amides is 1. The lowest BCUT2D eigenvalue weighted by Gasteiger charge is -2.12.